The molecule has 8 heteroatoms. The normalized spacial score (nSPS) is 21.7. The van der Waals surface area contributed by atoms with Gasteiger partial charge in [-0.1, -0.05) is 18.2 Å². The van der Waals surface area contributed by atoms with Gasteiger partial charge in [0.1, 0.15) is 18.1 Å². The maximum absolute atomic E-state index is 13.1. The topological polar surface area (TPSA) is 80.3 Å². The summed E-state index contributed by atoms with van der Waals surface area (Å²) in [7, 11) is 1.64. The number of amides is 2. The van der Waals surface area contributed by atoms with Crippen LogP contribution < -0.4 is 14.8 Å². The van der Waals surface area contributed by atoms with Crippen LogP contribution in [0, 0.1) is 5.92 Å². The van der Waals surface area contributed by atoms with Crippen LogP contribution >= 0.6 is 0 Å². The highest BCUT2D eigenvalue weighted by Gasteiger charge is 2.35. The smallest absolute Gasteiger partial charge is 0.238 e. The second kappa shape index (κ2) is 10.0. The number of carbonyl (C=O) groups excluding carboxylic acids is 2. The number of ether oxygens (including phenoxy) is 3. The Balaban J connectivity index is 1.33. The molecule has 2 aromatic rings. The third-order valence-electron chi connectivity index (χ3n) is 6.92. The zero-order chi connectivity index (χ0) is 23.5. The monoisotopic (exact) mass is 465 g/mol. The summed E-state index contributed by atoms with van der Waals surface area (Å²) >= 11 is 0. The second-order valence-corrected chi connectivity index (χ2v) is 9.10. The quantitative estimate of drug-likeness (QED) is 0.751. The van der Waals surface area contributed by atoms with Crippen LogP contribution in [0.15, 0.2) is 42.5 Å². The van der Waals surface area contributed by atoms with E-state index in [1.54, 1.807) is 7.11 Å². The molecule has 3 heterocycles. The molecule has 0 spiro atoms. The summed E-state index contributed by atoms with van der Waals surface area (Å²) in [6.45, 7) is 3.85. The van der Waals surface area contributed by atoms with E-state index < -0.39 is 0 Å². The van der Waals surface area contributed by atoms with Crippen molar-refractivity contribution in [1.29, 1.82) is 0 Å². The van der Waals surface area contributed by atoms with E-state index >= 15 is 0 Å². The molecule has 180 valence electrons. The van der Waals surface area contributed by atoms with Crippen molar-refractivity contribution in [3.63, 3.8) is 0 Å². The van der Waals surface area contributed by atoms with Crippen molar-refractivity contribution >= 4 is 17.5 Å². The number of rotatable bonds is 3. The number of nitrogens with zero attached hydrogens (tertiary/aromatic N) is 2. The molecule has 0 unspecified atom stereocenters. The fourth-order valence-corrected chi connectivity index (χ4v) is 4.96. The minimum Gasteiger partial charge on any atom is -0.497 e. The number of fused-ring (bicyclic) bond motifs is 2. The predicted octanol–water partition coefficient (Wildman–Crippen LogP) is 2.63. The maximum atomic E-state index is 13.1. The first-order chi connectivity index (χ1) is 16.6. The van der Waals surface area contributed by atoms with Gasteiger partial charge in [-0.25, -0.2) is 0 Å². The van der Waals surface area contributed by atoms with Crippen LogP contribution in [0.5, 0.6) is 11.5 Å². The summed E-state index contributed by atoms with van der Waals surface area (Å²) < 4.78 is 17.0. The number of nitrogens with one attached hydrogen (secondary N) is 1. The van der Waals surface area contributed by atoms with Gasteiger partial charge >= 0.3 is 0 Å². The number of hydrogen-bond acceptors (Lipinski definition) is 6. The van der Waals surface area contributed by atoms with Gasteiger partial charge in [-0.05, 0) is 48.2 Å². The second-order valence-electron chi connectivity index (χ2n) is 9.10. The van der Waals surface area contributed by atoms with E-state index in [-0.39, 0.29) is 30.3 Å². The lowest BCUT2D eigenvalue weighted by Crippen LogP contribution is -2.58. The Morgan fingerprint density at radius 3 is 2.74 bits per heavy atom. The Labute approximate surface area is 199 Å². The fourth-order valence-electron chi connectivity index (χ4n) is 4.96. The summed E-state index contributed by atoms with van der Waals surface area (Å²) in [6.07, 6.45) is 1.57. The van der Waals surface area contributed by atoms with Gasteiger partial charge in [0.25, 0.3) is 0 Å². The van der Waals surface area contributed by atoms with Gasteiger partial charge in [0.15, 0.2) is 0 Å². The molecule has 0 aliphatic carbocycles. The van der Waals surface area contributed by atoms with E-state index in [1.807, 2.05) is 47.4 Å². The van der Waals surface area contributed by atoms with Crippen molar-refractivity contribution in [2.24, 2.45) is 5.92 Å². The summed E-state index contributed by atoms with van der Waals surface area (Å²) in [5, 5.41) is 3.03. The lowest BCUT2D eigenvalue weighted by atomic mass is 9.97. The van der Waals surface area contributed by atoms with E-state index in [1.165, 1.54) is 0 Å². The third-order valence-corrected chi connectivity index (χ3v) is 6.92. The van der Waals surface area contributed by atoms with Crippen LogP contribution in [0.25, 0.3) is 11.1 Å². The minimum atomic E-state index is -0.0799. The minimum absolute atomic E-state index is 0.0349. The first-order valence-electron chi connectivity index (χ1n) is 11.9. The van der Waals surface area contributed by atoms with Crippen LogP contribution in [0.1, 0.15) is 12.8 Å². The maximum Gasteiger partial charge on any atom is 0.238 e. The summed E-state index contributed by atoms with van der Waals surface area (Å²) in [5.74, 6) is 1.57. The average Bonchev–Trinajstić information content (AvgIpc) is 2.94. The molecule has 0 saturated carbocycles. The largest absolute Gasteiger partial charge is 0.497 e. The molecule has 2 saturated heterocycles. The molecule has 1 N–H and O–H groups in total. The van der Waals surface area contributed by atoms with Gasteiger partial charge in [0.2, 0.25) is 11.8 Å². The SMILES string of the molecule is COc1cccc(-c2ccc3c(c2)NC(=O)CN2CCN(C(=O)C4CCOCC4)C[C@@H]2CO3)c1. The third kappa shape index (κ3) is 4.88. The number of methoxy groups -OCH3 is 1. The standard InChI is InChI=1S/C26H31N3O5/c1-32-22-4-2-3-19(13-22)20-5-6-24-23(14-20)27-25(30)16-28-9-10-29(15-21(28)17-34-24)26(31)18-7-11-33-12-8-18/h2-6,13-14,18,21H,7-12,15-17H2,1H3,(H,27,30)/t21-/m1/s1. The van der Waals surface area contributed by atoms with E-state index in [2.05, 4.69) is 10.2 Å². The predicted molar refractivity (Wildman–Crippen MR) is 128 cm³/mol. The van der Waals surface area contributed by atoms with E-state index in [9.17, 15) is 9.59 Å². The van der Waals surface area contributed by atoms with Crippen molar-refractivity contribution in [2.45, 2.75) is 18.9 Å². The van der Waals surface area contributed by atoms with Crippen molar-refractivity contribution in [2.75, 3.05) is 58.4 Å². The van der Waals surface area contributed by atoms with Gasteiger partial charge in [-0.15, -0.1) is 0 Å². The number of hydrogen-bond donors (Lipinski definition) is 1. The van der Waals surface area contributed by atoms with Crippen LogP contribution in [-0.4, -0.2) is 80.8 Å². The van der Waals surface area contributed by atoms with Gasteiger partial charge in [0, 0.05) is 38.8 Å². The Morgan fingerprint density at radius 1 is 1.09 bits per heavy atom. The molecule has 2 amide bonds. The Morgan fingerprint density at radius 2 is 1.91 bits per heavy atom. The molecule has 2 aromatic carbocycles. The number of piperazine rings is 1. The van der Waals surface area contributed by atoms with E-state index in [4.69, 9.17) is 14.2 Å². The highest BCUT2D eigenvalue weighted by molar-refractivity contribution is 5.94. The molecule has 5 rings (SSSR count). The Kier molecular flexibility index (Phi) is 6.69. The molecule has 8 nitrogen and oxygen atoms in total. The van der Waals surface area contributed by atoms with Gasteiger partial charge in [0.05, 0.1) is 25.4 Å². The fraction of sp³-hybridized carbons (Fsp3) is 0.462. The van der Waals surface area contributed by atoms with E-state index in [0.29, 0.717) is 50.9 Å². The zero-order valence-electron chi connectivity index (χ0n) is 19.5. The lowest BCUT2D eigenvalue weighted by molar-refractivity contribution is -0.142. The molecule has 0 bridgehead atoms. The van der Waals surface area contributed by atoms with Gasteiger partial charge in [-0.2, -0.15) is 0 Å². The van der Waals surface area contributed by atoms with Crippen molar-refractivity contribution in [3.8, 4) is 22.6 Å². The van der Waals surface area contributed by atoms with Crippen LogP contribution in [0.2, 0.25) is 0 Å². The molecule has 3 aliphatic heterocycles. The Hall–Kier alpha value is -3.10. The highest BCUT2D eigenvalue weighted by atomic mass is 16.5. The van der Waals surface area contributed by atoms with E-state index in [0.717, 1.165) is 29.7 Å². The summed E-state index contributed by atoms with van der Waals surface area (Å²) in [6, 6.07) is 13.6. The molecule has 1 atom stereocenters. The van der Waals surface area contributed by atoms with Crippen LogP contribution in [-0.2, 0) is 14.3 Å². The number of benzene rings is 2. The highest BCUT2D eigenvalue weighted by Crippen LogP contribution is 2.33. The first kappa shape index (κ1) is 22.7. The molecule has 0 aromatic heterocycles. The molecule has 2 fully saturated rings. The summed E-state index contributed by atoms with van der Waals surface area (Å²) in [4.78, 5) is 30.0. The van der Waals surface area contributed by atoms with Gasteiger partial charge < -0.3 is 24.4 Å². The van der Waals surface area contributed by atoms with Crippen LogP contribution in [0.4, 0.5) is 5.69 Å². The Bertz CT molecular complexity index is 1050. The molecule has 3 aliphatic rings. The number of anilines is 1. The average molecular weight is 466 g/mol. The van der Waals surface area contributed by atoms with Crippen molar-refractivity contribution in [3.05, 3.63) is 42.5 Å². The first-order valence-corrected chi connectivity index (χ1v) is 11.9. The molecule has 34 heavy (non-hydrogen) atoms. The lowest BCUT2D eigenvalue weighted by Gasteiger charge is -2.41. The van der Waals surface area contributed by atoms with Crippen LogP contribution in [0.3, 0.4) is 0 Å². The molecule has 0 radical (unpaired) electrons. The zero-order valence-corrected chi connectivity index (χ0v) is 19.5. The summed E-state index contributed by atoms with van der Waals surface area (Å²) in [5.41, 5.74) is 2.61. The van der Waals surface area contributed by atoms with Crippen molar-refractivity contribution in [1.82, 2.24) is 9.80 Å². The molecular formula is C26H31N3O5. The van der Waals surface area contributed by atoms with Crippen molar-refractivity contribution < 1.29 is 23.8 Å². The number of carbonyl (C=O) groups is 2. The van der Waals surface area contributed by atoms with Gasteiger partial charge in [-0.3, -0.25) is 14.5 Å². The molecular weight excluding hydrogens is 434 g/mol.